The van der Waals surface area contributed by atoms with Crippen molar-refractivity contribution in [2.45, 2.75) is 62.2 Å². The van der Waals surface area contributed by atoms with Crippen molar-refractivity contribution in [3.05, 3.63) is 47.5 Å². The predicted octanol–water partition coefficient (Wildman–Crippen LogP) is 2.48. The first-order valence-electron chi connectivity index (χ1n) is 10.4. The summed E-state index contributed by atoms with van der Waals surface area (Å²) in [4.78, 5) is 17.0. The van der Waals surface area contributed by atoms with Crippen molar-refractivity contribution in [1.29, 1.82) is 0 Å². The summed E-state index contributed by atoms with van der Waals surface area (Å²) in [6.45, 7) is 3.78. The Kier molecular flexibility index (Phi) is 5.65. The third-order valence-electron chi connectivity index (χ3n) is 5.41. The van der Waals surface area contributed by atoms with Crippen LogP contribution in [0.3, 0.4) is 0 Å². The highest BCUT2D eigenvalue weighted by atomic mass is 32.2. The van der Waals surface area contributed by atoms with E-state index in [1.807, 2.05) is 25.1 Å². The van der Waals surface area contributed by atoms with Crippen LogP contribution in [0.25, 0.3) is 0 Å². The number of anilines is 1. The molecular formula is C22H27N3O5S. The average molecular weight is 446 g/mol. The highest BCUT2D eigenvalue weighted by molar-refractivity contribution is 7.90. The lowest BCUT2D eigenvalue weighted by Gasteiger charge is -2.20. The maximum atomic E-state index is 12.9. The molecule has 0 spiro atoms. The van der Waals surface area contributed by atoms with Gasteiger partial charge in [0.25, 0.3) is 15.9 Å². The summed E-state index contributed by atoms with van der Waals surface area (Å²) in [5.74, 6) is 0.719. The number of benzene rings is 1. The minimum Gasteiger partial charge on any atom is -0.477 e. The van der Waals surface area contributed by atoms with Crippen molar-refractivity contribution in [1.82, 2.24) is 9.71 Å². The van der Waals surface area contributed by atoms with E-state index >= 15 is 0 Å². The molecule has 2 fully saturated rings. The minimum atomic E-state index is -4.17. The molecule has 1 atom stereocenters. The highest BCUT2D eigenvalue weighted by Crippen LogP contribution is 2.48. The maximum Gasteiger partial charge on any atom is 0.281 e. The van der Waals surface area contributed by atoms with Crippen LogP contribution in [0.4, 0.5) is 5.82 Å². The van der Waals surface area contributed by atoms with E-state index in [9.17, 15) is 18.3 Å². The molecule has 1 unspecified atom stereocenters. The number of hydrogen-bond donors (Lipinski definition) is 3. The van der Waals surface area contributed by atoms with Gasteiger partial charge in [-0.3, -0.25) is 4.79 Å². The highest BCUT2D eigenvalue weighted by Gasteiger charge is 2.54. The molecule has 0 radical (unpaired) electrons. The molecule has 0 bridgehead atoms. The van der Waals surface area contributed by atoms with Gasteiger partial charge in [-0.1, -0.05) is 18.2 Å². The Morgan fingerprint density at radius 2 is 2.03 bits per heavy atom. The third-order valence-corrected chi connectivity index (χ3v) is 6.65. The van der Waals surface area contributed by atoms with Crippen molar-refractivity contribution in [2.24, 2.45) is 0 Å². The Morgan fingerprint density at radius 3 is 2.68 bits per heavy atom. The molecule has 2 aromatic rings. The maximum absolute atomic E-state index is 12.9. The smallest absolute Gasteiger partial charge is 0.281 e. The van der Waals surface area contributed by atoms with Gasteiger partial charge in [0.1, 0.15) is 11.6 Å². The molecule has 9 heteroatoms. The van der Waals surface area contributed by atoms with Gasteiger partial charge in [0.05, 0.1) is 6.10 Å². The number of ether oxygens (including phenoxy) is 1. The monoisotopic (exact) mass is 445 g/mol. The fourth-order valence-corrected chi connectivity index (χ4v) is 4.35. The van der Waals surface area contributed by atoms with E-state index in [0.717, 1.165) is 24.0 Å². The minimum absolute atomic E-state index is 0.222. The van der Waals surface area contributed by atoms with Gasteiger partial charge in [0.15, 0.2) is 10.6 Å². The zero-order chi connectivity index (χ0) is 22.2. The van der Waals surface area contributed by atoms with Gasteiger partial charge < -0.3 is 15.2 Å². The summed E-state index contributed by atoms with van der Waals surface area (Å²) in [5.41, 5.74) is 0.923. The molecule has 0 saturated heterocycles. The van der Waals surface area contributed by atoms with Crippen LogP contribution in [-0.2, 0) is 14.8 Å². The Morgan fingerprint density at radius 1 is 1.29 bits per heavy atom. The number of hydrogen-bond acceptors (Lipinski definition) is 7. The van der Waals surface area contributed by atoms with Gasteiger partial charge >= 0.3 is 0 Å². The summed E-state index contributed by atoms with van der Waals surface area (Å²) >= 11 is 0. The molecule has 1 aromatic heterocycles. The second-order valence-corrected chi connectivity index (χ2v) is 10.1. The number of aromatic nitrogens is 1. The molecule has 0 aliphatic heterocycles. The first kappa shape index (κ1) is 21.6. The fraction of sp³-hybridized carbons (Fsp3) is 0.455. The number of carbonyl (C=O) groups excluding carboxylic acids is 1. The van der Waals surface area contributed by atoms with Gasteiger partial charge in [-0.05, 0) is 61.9 Å². The first-order chi connectivity index (χ1) is 14.7. The molecule has 3 N–H and O–H groups in total. The van der Waals surface area contributed by atoms with Crippen LogP contribution in [0.5, 0.6) is 5.75 Å². The molecule has 1 aromatic carbocycles. The molecule has 2 aliphatic carbocycles. The van der Waals surface area contributed by atoms with E-state index in [1.54, 1.807) is 13.0 Å². The number of aryl methyl sites for hydroxylation is 1. The Hall–Kier alpha value is -2.65. The van der Waals surface area contributed by atoms with Gasteiger partial charge in [-0.15, -0.1) is 0 Å². The van der Waals surface area contributed by atoms with Crippen LogP contribution in [0.15, 0.2) is 41.4 Å². The molecule has 31 heavy (non-hydrogen) atoms. The van der Waals surface area contributed by atoms with E-state index in [1.165, 1.54) is 12.1 Å². The summed E-state index contributed by atoms with van der Waals surface area (Å²) < 4.78 is 33.8. The first-order valence-corrected chi connectivity index (χ1v) is 11.9. The lowest BCUT2D eigenvalue weighted by Crippen LogP contribution is -2.43. The molecule has 4 rings (SSSR count). The molecule has 1 amide bonds. The van der Waals surface area contributed by atoms with Crippen LogP contribution >= 0.6 is 0 Å². The summed E-state index contributed by atoms with van der Waals surface area (Å²) in [7, 11) is -4.17. The van der Waals surface area contributed by atoms with Gasteiger partial charge in [0.2, 0.25) is 0 Å². The normalized spacial score (nSPS) is 18.2. The van der Waals surface area contributed by atoms with E-state index in [4.69, 9.17) is 4.74 Å². The van der Waals surface area contributed by atoms with Crippen molar-refractivity contribution >= 4 is 21.7 Å². The second-order valence-electron chi connectivity index (χ2n) is 8.44. The molecule has 2 saturated carbocycles. The zero-order valence-electron chi connectivity index (χ0n) is 17.6. The van der Waals surface area contributed by atoms with Gasteiger partial charge in [-0.2, -0.15) is 8.42 Å². The fourth-order valence-electron chi connectivity index (χ4n) is 3.34. The van der Waals surface area contributed by atoms with Gasteiger partial charge in [0, 0.05) is 19.4 Å². The van der Waals surface area contributed by atoms with Crippen LogP contribution in [0.1, 0.15) is 49.7 Å². The SMILES string of the molecule is Cc1ccc(C2CC2)c(OC2(C(=O)NS(=O)(=O)c3cccc(NCC(C)O)n3)CC2)c1. The van der Waals surface area contributed by atoms with Crippen molar-refractivity contribution in [3.63, 3.8) is 0 Å². The summed E-state index contributed by atoms with van der Waals surface area (Å²) in [6, 6.07) is 10.4. The quantitative estimate of drug-likeness (QED) is 0.543. The number of nitrogens with zero attached hydrogens (tertiary/aromatic N) is 1. The molecule has 1 heterocycles. The molecule has 8 nitrogen and oxygen atoms in total. The largest absolute Gasteiger partial charge is 0.477 e. The standard InChI is InChI=1S/C22H27N3O5S/c1-14-6-9-17(16-7-8-16)18(12-14)30-22(10-11-22)21(27)25-31(28,29)20-5-3-4-19(24-20)23-13-15(2)26/h3-6,9,12,15-16,26H,7-8,10-11,13H2,1-2H3,(H,23,24)(H,25,27). The number of rotatable bonds is 9. The van der Waals surface area contributed by atoms with E-state index in [-0.39, 0.29) is 11.6 Å². The number of aliphatic hydroxyl groups is 1. The van der Waals surface area contributed by atoms with Gasteiger partial charge in [-0.25, -0.2) is 9.71 Å². The molecule has 2 aliphatic rings. The van der Waals surface area contributed by atoms with Crippen molar-refractivity contribution in [2.75, 3.05) is 11.9 Å². The van der Waals surface area contributed by atoms with E-state index in [2.05, 4.69) is 15.0 Å². The van der Waals surface area contributed by atoms with E-state index in [0.29, 0.717) is 30.3 Å². The Labute approximate surface area is 182 Å². The van der Waals surface area contributed by atoms with Crippen LogP contribution in [-0.4, -0.2) is 42.7 Å². The number of sulfonamides is 1. The molecular weight excluding hydrogens is 418 g/mol. The summed E-state index contributed by atoms with van der Waals surface area (Å²) in [6.07, 6.45) is 2.48. The number of amides is 1. The van der Waals surface area contributed by atoms with Crippen LogP contribution in [0.2, 0.25) is 0 Å². The number of nitrogens with one attached hydrogen (secondary N) is 2. The van der Waals surface area contributed by atoms with Crippen LogP contribution < -0.4 is 14.8 Å². The van der Waals surface area contributed by atoms with Crippen LogP contribution in [0, 0.1) is 6.92 Å². The topological polar surface area (TPSA) is 118 Å². The number of pyridine rings is 1. The lowest BCUT2D eigenvalue weighted by atomic mass is 10.1. The number of aliphatic hydroxyl groups excluding tert-OH is 1. The number of carbonyl (C=O) groups is 1. The second kappa shape index (κ2) is 8.12. The summed E-state index contributed by atoms with van der Waals surface area (Å²) in [5, 5.41) is 11.9. The predicted molar refractivity (Wildman–Crippen MR) is 115 cm³/mol. The Balaban J connectivity index is 1.49. The van der Waals surface area contributed by atoms with Crippen molar-refractivity contribution < 1.29 is 23.1 Å². The van der Waals surface area contributed by atoms with E-state index < -0.39 is 27.6 Å². The average Bonchev–Trinajstić information content (AvgIpc) is 3.62. The molecule has 166 valence electrons. The lowest BCUT2D eigenvalue weighted by molar-refractivity contribution is -0.127. The third kappa shape index (κ3) is 4.99. The zero-order valence-corrected chi connectivity index (χ0v) is 18.4. The van der Waals surface area contributed by atoms with Crippen molar-refractivity contribution in [3.8, 4) is 5.75 Å². The Bertz CT molecular complexity index is 1090.